The fourth-order valence-corrected chi connectivity index (χ4v) is 2.59. The van der Waals surface area contributed by atoms with Crippen molar-refractivity contribution in [2.75, 3.05) is 32.1 Å². The highest BCUT2D eigenvalue weighted by Gasteiger charge is 2.26. The normalized spacial score (nSPS) is 12.5. The Bertz CT molecular complexity index is 992. The Labute approximate surface area is 163 Å². The number of likely N-dealkylation sites (N-methyl/N-ethyl adjacent to an activating group) is 1. The average Bonchev–Trinajstić information content (AvgIpc) is 2.70. The van der Waals surface area contributed by atoms with Crippen LogP contribution < -0.4 is 15.9 Å². The molecule has 0 unspecified atom stereocenters. The van der Waals surface area contributed by atoms with Gasteiger partial charge in [0.05, 0.1) is 5.52 Å². The summed E-state index contributed by atoms with van der Waals surface area (Å²) in [7, 11) is 5.32. The van der Waals surface area contributed by atoms with Crippen molar-refractivity contribution in [2.24, 2.45) is 12.2 Å². The first kappa shape index (κ1) is 21.4. The van der Waals surface area contributed by atoms with Crippen LogP contribution in [0.2, 0.25) is 0 Å². The summed E-state index contributed by atoms with van der Waals surface area (Å²) in [5, 5.41) is 12.9. The summed E-state index contributed by atoms with van der Waals surface area (Å²) >= 11 is 0. The summed E-state index contributed by atoms with van der Waals surface area (Å²) in [5.74, 6) is 0.192. The molecular weight excluding hydrogens is 362 g/mol. The first-order valence-corrected chi connectivity index (χ1v) is 8.88. The molecular formula is C19H27N5O4. The van der Waals surface area contributed by atoms with Gasteiger partial charge in [-0.1, -0.05) is 17.3 Å². The Hall–Kier alpha value is -2.94. The largest absolute Gasteiger partial charge is 0.443 e. The van der Waals surface area contributed by atoms with E-state index < -0.39 is 22.7 Å². The van der Waals surface area contributed by atoms with Crippen molar-refractivity contribution < 1.29 is 14.7 Å². The minimum absolute atomic E-state index is 0.192. The Morgan fingerprint density at radius 3 is 2.46 bits per heavy atom. The Morgan fingerprint density at radius 1 is 1.25 bits per heavy atom. The van der Waals surface area contributed by atoms with Crippen LogP contribution in [0.5, 0.6) is 0 Å². The van der Waals surface area contributed by atoms with Crippen molar-refractivity contribution >= 4 is 22.8 Å². The number of hydrogen-bond donors (Lipinski definition) is 1. The van der Waals surface area contributed by atoms with E-state index in [1.165, 1.54) is 9.47 Å². The van der Waals surface area contributed by atoms with Crippen molar-refractivity contribution in [1.82, 2.24) is 14.5 Å². The van der Waals surface area contributed by atoms with Crippen molar-refractivity contribution in [3.8, 4) is 0 Å². The van der Waals surface area contributed by atoms with Crippen LogP contribution in [-0.4, -0.2) is 58.5 Å². The first-order chi connectivity index (χ1) is 13.0. The van der Waals surface area contributed by atoms with Crippen LogP contribution in [0.3, 0.4) is 0 Å². The number of nitrogens with zero attached hydrogens (tertiary/aromatic N) is 5. The standard InChI is InChI=1S/C19H27N5O4/c1-19(2,3)28-18(26)24(12-11-22(4)5)16-13-9-7-8-10-14(13)23(6)17(25)15(20-16)21-27/h7-10,27H,11-12H2,1-6H3. The number of aryl methyl sites for hydroxylation is 1. The summed E-state index contributed by atoms with van der Waals surface area (Å²) in [6, 6.07) is 7.06. The van der Waals surface area contributed by atoms with Gasteiger partial charge in [0.25, 0.3) is 11.0 Å². The van der Waals surface area contributed by atoms with Gasteiger partial charge < -0.3 is 19.4 Å². The lowest BCUT2D eigenvalue weighted by Gasteiger charge is -2.27. The molecule has 0 aliphatic heterocycles. The molecule has 1 aromatic heterocycles. The van der Waals surface area contributed by atoms with Crippen LogP contribution in [0.4, 0.5) is 10.6 Å². The molecule has 1 amide bonds. The van der Waals surface area contributed by atoms with Gasteiger partial charge in [0, 0.05) is 25.5 Å². The lowest BCUT2D eigenvalue weighted by Crippen LogP contribution is -2.42. The maximum atomic E-state index is 13.0. The highest BCUT2D eigenvalue weighted by atomic mass is 16.6. The zero-order valence-electron chi connectivity index (χ0n) is 17.1. The van der Waals surface area contributed by atoms with Crippen LogP contribution in [0.1, 0.15) is 20.8 Å². The molecule has 9 heteroatoms. The number of amides is 1. The second kappa shape index (κ2) is 8.39. The van der Waals surface area contributed by atoms with Gasteiger partial charge in [0.2, 0.25) is 0 Å². The number of benzene rings is 1. The fourth-order valence-electron chi connectivity index (χ4n) is 2.59. The van der Waals surface area contributed by atoms with E-state index in [-0.39, 0.29) is 12.4 Å². The predicted molar refractivity (Wildman–Crippen MR) is 106 cm³/mol. The molecule has 0 bridgehead atoms. The van der Waals surface area contributed by atoms with Gasteiger partial charge >= 0.3 is 6.09 Å². The number of para-hydroxylation sites is 1. The van der Waals surface area contributed by atoms with E-state index in [9.17, 15) is 14.8 Å². The second-order valence-electron chi connectivity index (χ2n) is 7.68. The maximum Gasteiger partial charge on any atom is 0.416 e. The van der Waals surface area contributed by atoms with Gasteiger partial charge in [-0.25, -0.2) is 9.78 Å². The molecule has 0 spiro atoms. The van der Waals surface area contributed by atoms with E-state index in [4.69, 9.17) is 4.74 Å². The number of carbonyl (C=O) groups is 1. The van der Waals surface area contributed by atoms with Crippen LogP contribution in [-0.2, 0) is 11.8 Å². The molecule has 28 heavy (non-hydrogen) atoms. The monoisotopic (exact) mass is 389 g/mol. The molecule has 1 heterocycles. The van der Waals surface area contributed by atoms with E-state index in [0.29, 0.717) is 17.4 Å². The molecule has 0 fully saturated rings. The van der Waals surface area contributed by atoms with Gasteiger partial charge in [-0.15, -0.1) is 0 Å². The molecule has 0 aliphatic rings. The molecule has 152 valence electrons. The minimum atomic E-state index is -0.710. The van der Waals surface area contributed by atoms with E-state index in [2.05, 4.69) is 10.1 Å². The summed E-state index contributed by atoms with van der Waals surface area (Å²) in [6.07, 6.45) is -0.600. The van der Waals surface area contributed by atoms with Gasteiger partial charge in [-0.2, -0.15) is 0 Å². The number of ether oxygens (including phenoxy) is 1. The Morgan fingerprint density at radius 2 is 1.89 bits per heavy atom. The quantitative estimate of drug-likeness (QED) is 0.629. The third-order valence-electron chi connectivity index (χ3n) is 3.95. The second-order valence-corrected chi connectivity index (χ2v) is 7.68. The summed E-state index contributed by atoms with van der Waals surface area (Å²) in [5.41, 5.74) is -1.16. The van der Waals surface area contributed by atoms with Crippen molar-refractivity contribution in [2.45, 2.75) is 26.4 Å². The average molecular weight is 389 g/mol. The molecule has 2 aromatic rings. The molecule has 1 N–H and O–H groups in total. The molecule has 0 aliphatic carbocycles. The van der Waals surface area contributed by atoms with Crippen LogP contribution in [0.25, 0.3) is 10.9 Å². The van der Waals surface area contributed by atoms with E-state index in [1.54, 1.807) is 52.1 Å². The third kappa shape index (κ3) is 4.86. The highest BCUT2D eigenvalue weighted by Crippen LogP contribution is 2.23. The minimum Gasteiger partial charge on any atom is -0.443 e. The van der Waals surface area contributed by atoms with Gasteiger partial charge in [0.15, 0.2) is 0 Å². The highest BCUT2D eigenvalue weighted by molar-refractivity contribution is 5.98. The predicted octanol–water partition coefficient (Wildman–Crippen LogP) is 1.53. The maximum absolute atomic E-state index is 13.0. The molecule has 2 rings (SSSR count). The lowest BCUT2D eigenvalue weighted by atomic mass is 10.2. The van der Waals surface area contributed by atoms with Crippen molar-refractivity contribution in [3.63, 3.8) is 0 Å². The smallest absolute Gasteiger partial charge is 0.416 e. The number of fused-ring (bicyclic) bond motifs is 1. The number of anilines is 1. The molecule has 0 radical (unpaired) electrons. The lowest BCUT2D eigenvalue weighted by molar-refractivity contribution is 0.0577. The van der Waals surface area contributed by atoms with Crippen LogP contribution in [0, 0.1) is 0 Å². The number of hydrogen-bond acceptors (Lipinski definition) is 7. The summed E-state index contributed by atoms with van der Waals surface area (Å²) in [4.78, 5) is 33.0. The van der Waals surface area contributed by atoms with Gasteiger partial charge in [-0.05, 0) is 47.0 Å². The summed E-state index contributed by atoms with van der Waals surface area (Å²) in [6.45, 7) is 6.13. The van der Waals surface area contributed by atoms with Crippen molar-refractivity contribution in [1.29, 1.82) is 0 Å². The molecule has 0 saturated heterocycles. The van der Waals surface area contributed by atoms with Crippen molar-refractivity contribution in [3.05, 3.63) is 40.1 Å². The van der Waals surface area contributed by atoms with Crippen LogP contribution >= 0.6 is 0 Å². The van der Waals surface area contributed by atoms with Gasteiger partial charge in [0.1, 0.15) is 11.4 Å². The Kier molecular flexibility index (Phi) is 6.40. The van der Waals surface area contributed by atoms with Gasteiger partial charge in [-0.3, -0.25) is 9.69 Å². The Balaban J connectivity index is 2.81. The first-order valence-electron chi connectivity index (χ1n) is 8.88. The SMILES string of the molecule is CN(C)CCN(C(=O)OC(C)(C)C)c1nc(=NO)c(=O)n(C)c2ccccc12. The number of carbonyl (C=O) groups excluding carboxylic acids is 1. The van der Waals surface area contributed by atoms with E-state index in [0.717, 1.165) is 0 Å². The molecule has 0 saturated carbocycles. The zero-order valence-corrected chi connectivity index (χ0v) is 17.1. The number of rotatable bonds is 4. The van der Waals surface area contributed by atoms with Crippen LogP contribution in [0.15, 0.2) is 34.2 Å². The molecule has 0 atom stereocenters. The zero-order chi connectivity index (χ0) is 21.1. The van der Waals surface area contributed by atoms with E-state index >= 15 is 0 Å². The summed E-state index contributed by atoms with van der Waals surface area (Å²) < 4.78 is 6.88. The topological polar surface area (TPSA) is 100 Å². The fraction of sp³-hybridized carbons (Fsp3) is 0.474. The molecule has 1 aromatic carbocycles. The van der Waals surface area contributed by atoms with E-state index in [1.807, 2.05) is 19.0 Å². The number of aromatic nitrogens is 2. The third-order valence-corrected chi connectivity index (χ3v) is 3.95. The molecule has 9 nitrogen and oxygen atoms in total.